The summed E-state index contributed by atoms with van der Waals surface area (Å²) in [5, 5.41) is 15.2. The molecule has 0 saturated heterocycles. The maximum absolute atomic E-state index is 12.9. The van der Waals surface area contributed by atoms with Crippen LogP contribution in [0.4, 0.5) is 0 Å². The molecule has 0 aliphatic heterocycles. The molecule has 1 fully saturated rings. The SMILES string of the molecule is CN(CCCNC(=O)c1ccccc1SCc1nnnn1-c1ccccc1)C1CCCCC1. The highest BCUT2D eigenvalue weighted by molar-refractivity contribution is 7.98. The molecule has 0 radical (unpaired) electrons. The third kappa shape index (κ3) is 6.42. The number of amides is 1. The van der Waals surface area contributed by atoms with Gasteiger partial charge in [-0.05, 0) is 67.5 Å². The van der Waals surface area contributed by atoms with E-state index in [-0.39, 0.29) is 5.91 Å². The molecule has 1 saturated carbocycles. The molecule has 0 spiro atoms. The van der Waals surface area contributed by atoms with Crippen LogP contribution in [-0.2, 0) is 5.75 Å². The molecule has 7 nitrogen and oxygen atoms in total. The van der Waals surface area contributed by atoms with Crippen LogP contribution in [0.3, 0.4) is 0 Å². The summed E-state index contributed by atoms with van der Waals surface area (Å²) in [5.41, 5.74) is 1.61. The van der Waals surface area contributed by atoms with Gasteiger partial charge in [0.05, 0.1) is 17.0 Å². The second-order valence-electron chi connectivity index (χ2n) is 8.51. The minimum atomic E-state index is -0.0268. The van der Waals surface area contributed by atoms with Crippen LogP contribution in [0.5, 0.6) is 0 Å². The third-order valence-electron chi connectivity index (χ3n) is 6.19. The predicted octanol–water partition coefficient (Wildman–Crippen LogP) is 4.34. The molecule has 3 aromatic rings. The Morgan fingerprint density at radius 2 is 1.85 bits per heavy atom. The van der Waals surface area contributed by atoms with Gasteiger partial charge in [0.25, 0.3) is 5.91 Å². The van der Waals surface area contributed by atoms with Crippen LogP contribution < -0.4 is 5.32 Å². The number of rotatable bonds is 10. The van der Waals surface area contributed by atoms with E-state index in [9.17, 15) is 4.79 Å². The third-order valence-corrected chi connectivity index (χ3v) is 7.26. The lowest BCUT2D eigenvalue weighted by Gasteiger charge is -2.31. The second-order valence-corrected chi connectivity index (χ2v) is 9.53. The molecular formula is C25H32N6OS. The first-order valence-electron chi connectivity index (χ1n) is 11.8. The highest BCUT2D eigenvalue weighted by Gasteiger charge is 2.18. The van der Waals surface area contributed by atoms with Crippen molar-refractivity contribution in [2.45, 2.75) is 55.2 Å². The van der Waals surface area contributed by atoms with Gasteiger partial charge < -0.3 is 10.2 Å². The van der Waals surface area contributed by atoms with E-state index in [1.54, 1.807) is 16.4 Å². The Morgan fingerprint density at radius 1 is 1.09 bits per heavy atom. The number of nitrogens with zero attached hydrogens (tertiary/aromatic N) is 5. The number of para-hydroxylation sites is 1. The van der Waals surface area contributed by atoms with E-state index in [4.69, 9.17) is 0 Å². The monoisotopic (exact) mass is 464 g/mol. The van der Waals surface area contributed by atoms with Gasteiger partial charge >= 0.3 is 0 Å². The smallest absolute Gasteiger partial charge is 0.252 e. The standard InChI is InChI=1S/C25H32N6OS/c1-30(20-11-4-2-5-12-20)18-10-17-26-25(32)22-15-8-9-16-23(22)33-19-24-27-28-29-31(24)21-13-6-3-7-14-21/h3,6-9,13-16,20H,2,4-5,10-12,17-19H2,1H3,(H,26,32). The number of thioether (sulfide) groups is 1. The van der Waals surface area contributed by atoms with Gasteiger partial charge in [-0.2, -0.15) is 4.68 Å². The number of tetrazole rings is 1. The molecule has 1 aliphatic carbocycles. The molecule has 8 heteroatoms. The summed E-state index contributed by atoms with van der Waals surface area (Å²) >= 11 is 1.57. The number of nitrogens with one attached hydrogen (secondary N) is 1. The number of aromatic nitrogens is 4. The fraction of sp³-hybridized carbons (Fsp3) is 0.440. The Bertz CT molecular complexity index is 1020. The van der Waals surface area contributed by atoms with E-state index in [1.165, 1.54) is 32.1 Å². The van der Waals surface area contributed by atoms with Crippen LogP contribution in [-0.4, -0.2) is 57.2 Å². The average molecular weight is 465 g/mol. The number of hydrogen-bond donors (Lipinski definition) is 1. The lowest BCUT2D eigenvalue weighted by Crippen LogP contribution is -2.35. The quantitative estimate of drug-likeness (QED) is 0.355. The van der Waals surface area contributed by atoms with Crippen LogP contribution in [0.2, 0.25) is 0 Å². The van der Waals surface area contributed by atoms with Crippen molar-refractivity contribution < 1.29 is 4.79 Å². The highest BCUT2D eigenvalue weighted by Crippen LogP contribution is 2.26. The summed E-state index contributed by atoms with van der Waals surface area (Å²) in [4.78, 5) is 16.3. The Balaban J connectivity index is 1.29. The normalized spacial score (nSPS) is 14.5. The number of hydrogen-bond acceptors (Lipinski definition) is 6. The van der Waals surface area contributed by atoms with Crippen molar-refractivity contribution in [3.63, 3.8) is 0 Å². The van der Waals surface area contributed by atoms with Gasteiger partial charge in [-0.25, -0.2) is 0 Å². The number of benzene rings is 2. The van der Waals surface area contributed by atoms with E-state index >= 15 is 0 Å². The van der Waals surface area contributed by atoms with Gasteiger partial charge in [-0.1, -0.05) is 49.6 Å². The van der Waals surface area contributed by atoms with Crippen LogP contribution in [0.1, 0.15) is 54.7 Å². The van der Waals surface area contributed by atoms with Crippen molar-refractivity contribution in [2.24, 2.45) is 0 Å². The molecule has 2 aromatic carbocycles. The van der Waals surface area contributed by atoms with Gasteiger partial charge in [0.15, 0.2) is 5.82 Å². The molecule has 174 valence electrons. The number of carbonyl (C=O) groups excluding carboxylic acids is 1. The molecule has 1 heterocycles. The molecule has 1 aliphatic rings. The van der Waals surface area contributed by atoms with Crippen molar-refractivity contribution in [1.82, 2.24) is 30.4 Å². The molecule has 0 atom stereocenters. The summed E-state index contributed by atoms with van der Waals surface area (Å²) in [6.45, 7) is 1.70. The first-order chi connectivity index (χ1) is 16.2. The van der Waals surface area contributed by atoms with Crippen molar-refractivity contribution in [3.8, 4) is 5.69 Å². The van der Waals surface area contributed by atoms with Crippen molar-refractivity contribution in [3.05, 3.63) is 66.0 Å². The molecule has 33 heavy (non-hydrogen) atoms. The van der Waals surface area contributed by atoms with Gasteiger partial charge in [0.2, 0.25) is 0 Å². The Kier molecular flexibility index (Phi) is 8.49. The summed E-state index contributed by atoms with van der Waals surface area (Å²) < 4.78 is 1.73. The predicted molar refractivity (Wildman–Crippen MR) is 132 cm³/mol. The summed E-state index contributed by atoms with van der Waals surface area (Å²) in [6.07, 6.45) is 7.64. The van der Waals surface area contributed by atoms with Gasteiger partial charge in [-0.3, -0.25) is 4.79 Å². The zero-order valence-electron chi connectivity index (χ0n) is 19.2. The highest BCUT2D eigenvalue weighted by atomic mass is 32.2. The number of carbonyl (C=O) groups is 1. The molecule has 1 aromatic heterocycles. The van der Waals surface area contributed by atoms with Crippen LogP contribution in [0, 0.1) is 0 Å². The molecule has 0 bridgehead atoms. The van der Waals surface area contributed by atoms with Gasteiger partial charge in [-0.15, -0.1) is 16.9 Å². The van der Waals surface area contributed by atoms with Crippen molar-refractivity contribution in [2.75, 3.05) is 20.1 Å². The molecule has 4 rings (SSSR count). The Hall–Kier alpha value is -2.71. The minimum Gasteiger partial charge on any atom is -0.352 e. The minimum absolute atomic E-state index is 0.0268. The first kappa shape index (κ1) is 23.4. The fourth-order valence-electron chi connectivity index (χ4n) is 4.32. The Labute approximate surface area is 199 Å². The van der Waals surface area contributed by atoms with Crippen molar-refractivity contribution >= 4 is 17.7 Å². The van der Waals surface area contributed by atoms with Gasteiger partial charge in [0, 0.05) is 17.5 Å². The summed E-state index contributed by atoms with van der Waals surface area (Å²) in [5.74, 6) is 1.28. The fourth-order valence-corrected chi connectivity index (χ4v) is 5.27. The second kappa shape index (κ2) is 12.0. The largest absolute Gasteiger partial charge is 0.352 e. The van der Waals surface area contributed by atoms with E-state index in [1.807, 2.05) is 54.6 Å². The zero-order chi connectivity index (χ0) is 22.9. The molecule has 1 N–H and O–H groups in total. The lowest BCUT2D eigenvalue weighted by molar-refractivity contribution is 0.0947. The molecule has 0 unspecified atom stereocenters. The van der Waals surface area contributed by atoms with Gasteiger partial charge in [0.1, 0.15) is 0 Å². The maximum Gasteiger partial charge on any atom is 0.252 e. The summed E-state index contributed by atoms with van der Waals surface area (Å²) in [7, 11) is 2.22. The average Bonchev–Trinajstić information content (AvgIpc) is 3.35. The van der Waals surface area contributed by atoms with Crippen LogP contribution in [0.25, 0.3) is 5.69 Å². The van der Waals surface area contributed by atoms with Crippen molar-refractivity contribution in [1.29, 1.82) is 0 Å². The molecule has 1 amide bonds. The van der Waals surface area contributed by atoms with E-state index < -0.39 is 0 Å². The van der Waals surface area contributed by atoms with Crippen LogP contribution >= 0.6 is 11.8 Å². The Morgan fingerprint density at radius 3 is 2.67 bits per heavy atom. The van der Waals surface area contributed by atoms with E-state index in [2.05, 4.69) is 32.8 Å². The zero-order valence-corrected chi connectivity index (χ0v) is 20.0. The topological polar surface area (TPSA) is 75.9 Å². The van der Waals surface area contributed by atoms with E-state index in [0.29, 0.717) is 23.9 Å². The maximum atomic E-state index is 12.9. The lowest BCUT2D eigenvalue weighted by atomic mass is 9.94. The van der Waals surface area contributed by atoms with E-state index in [0.717, 1.165) is 29.4 Å². The molecular weight excluding hydrogens is 432 g/mol. The first-order valence-corrected chi connectivity index (χ1v) is 12.7. The summed E-state index contributed by atoms with van der Waals surface area (Å²) in [6, 6.07) is 18.3. The van der Waals surface area contributed by atoms with Crippen LogP contribution in [0.15, 0.2) is 59.5 Å².